The Morgan fingerprint density at radius 2 is 1.84 bits per heavy atom. The number of ether oxygens (including phenoxy) is 1. The highest BCUT2D eigenvalue weighted by molar-refractivity contribution is 7.99. The van der Waals surface area contributed by atoms with E-state index in [1.54, 1.807) is 12.0 Å². The van der Waals surface area contributed by atoms with Gasteiger partial charge in [0.15, 0.2) is 0 Å². The average Bonchev–Trinajstić information content (AvgIpc) is 2.78. The van der Waals surface area contributed by atoms with Crippen LogP contribution in [-0.4, -0.2) is 42.2 Å². The molecule has 32 heavy (non-hydrogen) atoms. The number of hydrogen-bond donors (Lipinski definition) is 1. The molecule has 7 heteroatoms. The molecule has 2 amide bonds. The number of carbonyl (C=O) groups is 2. The van der Waals surface area contributed by atoms with Crippen LogP contribution in [0.25, 0.3) is 0 Å². The molecule has 0 saturated heterocycles. The second-order valence-electron chi connectivity index (χ2n) is 8.06. The van der Waals surface area contributed by atoms with Gasteiger partial charge in [-0.05, 0) is 47.7 Å². The van der Waals surface area contributed by atoms with E-state index in [0.29, 0.717) is 36.2 Å². The van der Waals surface area contributed by atoms with Crippen molar-refractivity contribution in [2.24, 2.45) is 5.92 Å². The van der Waals surface area contributed by atoms with Gasteiger partial charge in [-0.25, -0.2) is 0 Å². The Hall–Kier alpha value is -2.18. The fourth-order valence-electron chi connectivity index (χ4n) is 3.24. The number of nitrogens with one attached hydrogen (secondary N) is 1. The van der Waals surface area contributed by atoms with Gasteiger partial charge in [-0.3, -0.25) is 9.59 Å². The highest BCUT2D eigenvalue weighted by atomic mass is 35.5. The standard InChI is InChI=1S/C25H33ClN2O3S/c1-5-23(25(30)27-14-18(2)3)28(15-19-9-11-22(31-4)12-10-19)24(29)17-32-16-20-7-6-8-21(26)13-20/h6-13,18,23H,5,14-17H2,1-4H3,(H,27,30)/t23-/m0/s1. The Bertz CT molecular complexity index is 874. The van der Waals surface area contributed by atoms with Crippen LogP contribution in [0.2, 0.25) is 5.02 Å². The lowest BCUT2D eigenvalue weighted by Gasteiger charge is -2.31. The van der Waals surface area contributed by atoms with Crippen molar-refractivity contribution in [2.75, 3.05) is 19.4 Å². The molecule has 0 fully saturated rings. The zero-order valence-corrected chi connectivity index (χ0v) is 20.8. The van der Waals surface area contributed by atoms with Crippen molar-refractivity contribution in [1.82, 2.24) is 10.2 Å². The third kappa shape index (κ3) is 8.40. The van der Waals surface area contributed by atoms with Gasteiger partial charge in [0.1, 0.15) is 11.8 Å². The van der Waals surface area contributed by atoms with Crippen molar-refractivity contribution >= 4 is 35.2 Å². The molecule has 0 aliphatic rings. The Morgan fingerprint density at radius 1 is 1.12 bits per heavy atom. The molecular formula is C25H33ClN2O3S. The van der Waals surface area contributed by atoms with Crippen molar-refractivity contribution in [1.29, 1.82) is 0 Å². The quantitative estimate of drug-likeness (QED) is 0.459. The molecule has 0 aromatic heterocycles. The first kappa shape index (κ1) is 26.1. The molecule has 0 heterocycles. The Balaban J connectivity index is 2.12. The maximum atomic E-state index is 13.2. The molecule has 0 radical (unpaired) electrons. The lowest BCUT2D eigenvalue weighted by atomic mass is 10.1. The van der Waals surface area contributed by atoms with E-state index < -0.39 is 6.04 Å². The molecule has 0 unspecified atom stereocenters. The fourth-order valence-corrected chi connectivity index (χ4v) is 4.31. The second-order valence-corrected chi connectivity index (χ2v) is 9.48. The van der Waals surface area contributed by atoms with E-state index in [0.717, 1.165) is 16.9 Å². The Labute approximate surface area is 200 Å². The number of amides is 2. The van der Waals surface area contributed by atoms with Crippen LogP contribution < -0.4 is 10.1 Å². The van der Waals surface area contributed by atoms with Crippen LogP contribution >= 0.6 is 23.4 Å². The van der Waals surface area contributed by atoms with Gasteiger partial charge < -0.3 is 15.0 Å². The number of methoxy groups -OCH3 is 1. The largest absolute Gasteiger partial charge is 0.497 e. The van der Waals surface area contributed by atoms with Crippen LogP contribution in [0.5, 0.6) is 5.75 Å². The zero-order chi connectivity index (χ0) is 23.5. The minimum absolute atomic E-state index is 0.0561. The van der Waals surface area contributed by atoms with Crippen molar-refractivity contribution in [3.8, 4) is 5.75 Å². The van der Waals surface area contributed by atoms with E-state index in [1.807, 2.05) is 69.3 Å². The molecule has 1 atom stereocenters. The first-order valence-corrected chi connectivity index (χ1v) is 12.4. The summed E-state index contributed by atoms with van der Waals surface area (Å²) in [5.74, 6) is 1.90. The Kier molecular flexibility index (Phi) is 10.9. The molecule has 2 aromatic rings. The third-order valence-electron chi connectivity index (χ3n) is 4.97. The molecule has 5 nitrogen and oxygen atoms in total. The predicted octanol–water partition coefficient (Wildman–Crippen LogP) is 5.16. The molecule has 0 spiro atoms. The molecule has 0 bridgehead atoms. The third-order valence-corrected chi connectivity index (χ3v) is 6.19. The monoisotopic (exact) mass is 476 g/mol. The molecule has 0 aliphatic heterocycles. The number of rotatable bonds is 12. The van der Waals surface area contributed by atoms with Gasteiger partial charge in [-0.15, -0.1) is 11.8 Å². The lowest BCUT2D eigenvalue weighted by Crippen LogP contribution is -2.50. The summed E-state index contributed by atoms with van der Waals surface area (Å²) < 4.78 is 5.23. The number of halogens is 1. The van der Waals surface area contributed by atoms with Crippen LogP contribution in [0, 0.1) is 5.92 Å². The van der Waals surface area contributed by atoms with Gasteiger partial charge in [0.2, 0.25) is 11.8 Å². The number of carbonyl (C=O) groups excluding carboxylic acids is 2. The molecule has 1 N–H and O–H groups in total. The smallest absolute Gasteiger partial charge is 0.242 e. The molecular weight excluding hydrogens is 444 g/mol. The van der Waals surface area contributed by atoms with Crippen LogP contribution in [0.4, 0.5) is 0 Å². The normalized spacial score (nSPS) is 11.8. The van der Waals surface area contributed by atoms with Gasteiger partial charge in [-0.1, -0.05) is 56.6 Å². The van der Waals surface area contributed by atoms with Gasteiger partial charge in [0, 0.05) is 23.9 Å². The van der Waals surface area contributed by atoms with Gasteiger partial charge in [-0.2, -0.15) is 0 Å². The van der Waals surface area contributed by atoms with Crippen LogP contribution in [0.3, 0.4) is 0 Å². The maximum Gasteiger partial charge on any atom is 0.242 e. The van der Waals surface area contributed by atoms with Crippen molar-refractivity contribution in [3.63, 3.8) is 0 Å². The van der Waals surface area contributed by atoms with Crippen molar-refractivity contribution in [2.45, 2.75) is 45.5 Å². The summed E-state index contributed by atoms with van der Waals surface area (Å²) in [4.78, 5) is 27.8. The zero-order valence-electron chi connectivity index (χ0n) is 19.3. The van der Waals surface area contributed by atoms with Crippen molar-refractivity contribution in [3.05, 3.63) is 64.7 Å². The molecule has 0 saturated carbocycles. The summed E-state index contributed by atoms with van der Waals surface area (Å²) >= 11 is 7.58. The summed E-state index contributed by atoms with van der Waals surface area (Å²) in [6.07, 6.45) is 0.546. The molecule has 174 valence electrons. The SMILES string of the molecule is CC[C@@H](C(=O)NCC(C)C)N(Cc1ccc(OC)cc1)C(=O)CSCc1cccc(Cl)c1. The van der Waals surface area contributed by atoms with E-state index in [-0.39, 0.29) is 17.6 Å². The van der Waals surface area contributed by atoms with E-state index in [2.05, 4.69) is 5.32 Å². The minimum atomic E-state index is -0.518. The van der Waals surface area contributed by atoms with E-state index in [1.165, 1.54) is 11.8 Å². The minimum Gasteiger partial charge on any atom is -0.497 e. The number of benzene rings is 2. The first-order valence-electron chi connectivity index (χ1n) is 10.9. The summed E-state index contributed by atoms with van der Waals surface area (Å²) in [7, 11) is 1.62. The van der Waals surface area contributed by atoms with Gasteiger partial charge in [0.05, 0.1) is 12.9 Å². The maximum absolute atomic E-state index is 13.2. The van der Waals surface area contributed by atoms with E-state index in [9.17, 15) is 9.59 Å². The topological polar surface area (TPSA) is 58.6 Å². The van der Waals surface area contributed by atoms with Crippen LogP contribution in [0.15, 0.2) is 48.5 Å². The first-order chi connectivity index (χ1) is 15.3. The number of hydrogen-bond acceptors (Lipinski definition) is 4. The summed E-state index contributed by atoms with van der Waals surface area (Å²) in [6, 6.07) is 14.7. The summed E-state index contributed by atoms with van der Waals surface area (Å²) in [6.45, 7) is 6.99. The highest BCUT2D eigenvalue weighted by Crippen LogP contribution is 2.20. The van der Waals surface area contributed by atoms with Crippen molar-refractivity contribution < 1.29 is 14.3 Å². The fraction of sp³-hybridized carbons (Fsp3) is 0.440. The van der Waals surface area contributed by atoms with Gasteiger partial charge in [0.25, 0.3) is 0 Å². The molecule has 2 aromatic carbocycles. The number of thioether (sulfide) groups is 1. The van der Waals surface area contributed by atoms with Crippen LogP contribution in [-0.2, 0) is 21.9 Å². The van der Waals surface area contributed by atoms with Gasteiger partial charge >= 0.3 is 0 Å². The summed E-state index contributed by atoms with van der Waals surface area (Å²) in [5.41, 5.74) is 2.02. The lowest BCUT2D eigenvalue weighted by molar-refractivity contribution is -0.139. The Morgan fingerprint density at radius 3 is 2.44 bits per heavy atom. The van der Waals surface area contributed by atoms with E-state index in [4.69, 9.17) is 16.3 Å². The second kappa shape index (κ2) is 13.4. The van der Waals surface area contributed by atoms with Crippen LogP contribution in [0.1, 0.15) is 38.3 Å². The summed E-state index contributed by atoms with van der Waals surface area (Å²) in [5, 5.41) is 3.67. The molecule has 0 aliphatic carbocycles. The average molecular weight is 477 g/mol. The number of nitrogens with zero attached hydrogens (tertiary/aromatic N) is 1. The van der Waals surface area contributed by atoms with E-state index >= 15 is 0 Å². The molecule has 2 rings (SSSR count). The predicted molar refractivity (Wildman–Crippen MR) is 133 cm³/mol. The highest BCUT2D eigenvalue weighted by Gasteiger charge is 2.28.